The SMILES string of the molecule is Cc1cccc(C(CNc2cncc(C(=O)N3CCCC3)n2)N(C)C)c1. The molecule has 6 heteroatoms. The van der Waals surface area contributed by atoms with Crippen LogP contribution in [-0.4, -0.2) is 59.4 Å². The Morgan fingerprint density at radius 1 is 1.27 bits per heavy atom. The van der Waals surface area contributed by atoms with Crippen LogP contribution in [0.15, 0.2) is 36.7 Å². The molecule has 0 radical (unpaired) electrons. The molecule has 6 nitrogen and oxygen atoms in total. The summed E-state index contributed by atoms with van der Waals surface area (Å²) in [4.78, 5) is 25.2. The summed E-state index contributed by atoms with van der Waals surface area (Å²) in [7, 11) is 4.13. The van der Waals surface area contributed by atoms with Gasteiger partial charge in [0.2, 0.25) is 0 Å². The van der Waals surface area contributed by atoms with Crippen LogP contribution in [-0.2, 0) is 0 Å². The average Bonchev–Trinajstić information content (AvgIpc) is 3.16. The maximum absolute atomic E-state index is 12.5. The van der Waals surface area contributed by atoms with Crippen LogP contribution >= 0.6 is 0 Å². The molecule has 1 aliphatic rings. The predicted octanol–water partition coefficient (Wildman–Crippen LogP) is 2.74. The summed E-state index contributed by atoms with van der Waals surface area (Å²) in [6, 6.07) is 8.72. The number of aryl methyl sites for hydroxylation is 1. The zero-order valence-electron chi connectivity index (χ0n) is 15.8. The highest BCUT2D eigenvalue weighted by Gasteiger charge is 2.21. The van der Waals surface area contributed by atoms with Gasteiger partial charge in [0.15, 0.2) is 0 Å². The van der Waals surface area contributed by atoms with Crippen LogP contribution in [0.5, 0.6) is 0 Å². The molecule has 2 aromatic rings. The van der Waals surface area contributed by atoms with Crippen molar-refractivity contribution in [1.29, 1.82) is 0 Å². The maximum Gasteiger partial charge on any atom is 0.274 e. The topological polar surface area (TPSA) is 61.4 Å². The van der Waals surface area contributed by atoms with Crippen LogP contribution in [0.3, 0.4) is 0 Å². The normalized spacial score (nSPS) is 15.3. The number of hydrogen-bond donors (Lipinski definition) is 1. The van der Waals surface area contributed by atoms with Crippen molar-refractivity contribution in [3.63, 3.8) is 0 Å². The molecule has 2 heterocycles. The number of benzene rings is 1. The summed E-state index contributed by atoms with van der Waals surface area (Å²) in [5, 5.41) is 3.34. The van der Waals surface area contributed by atoms with Gasteiger partial charge in [-0.1, -0.05) is 29.8 Å². The summed E-state index contributed by atoms with van der Waals surface area (Å²) < 4.78 is 0. The van der Waals surface area contributed by atoms with Crippen molar-refractivity contribution >= 4 is 11.7 Å². The minimum absolute atomic E-state index is 0.0264. The number of carbonyl (C=O) groups excluding carboxylic acids is 1. The van der Waals surface area contributed by atoms with Gasteiger partial charge in [-0.2, -0.15) is 0 Å². The Kier molecular flexibility index (Phi) is 5.83. The van der Waals surface area contributed by atoms with Gasteiger partial charge in [-0.15, -0.1) is 0 Å². The molecule has 0 aliphatic carbocycles. The molecule has 0 saturated carbocycles. The summed E-state index contributed by atoms with van der Waals surface area (Å²) in [6.45, 7) is 4.41. The number of hydrogen-bond acceptors (Lipinski definition) is 5. The highest BCUT2D eigenvalue weighted by Crippen LogP contribution is 2.20. The van der Waals surface area contributed by atoms with E-state index in [4.69, 9.17) is 0 Å². The standard InChI is InChI=1S/C20H27N5O/c1-15-7-6-8-16(11-15)18(24(2)3)13-22-19-14-21-12-17(23-19)20(26)25-9-4-5-10-25/h6-8,11-12,14,18H,4-5,9-10,13H2,1-3H3,(H,22,23). The molecule has 1 unspecified atom stereocenters. The van der Waals surface area contributed by atoms with Gasteiger partial charge in [-0.25, -0.2) is 4.98 Å². The molecule has 1 aromatic carbocycles. The molecule has 0 spiro atoms. The molecular formula is C20H27N5O. The van der Waals surface area contributed by atoms with E-state index in [0.29, 0.717) is 18.1 Å². The van der Waals surface area contributed by atoms with Gasteiger partial charge in [0, 0.05) is 19.6 Å². The molecule has 1 aromatic heterocycles. The number of rotatable bonds is 6. The summed E-state index contributed by atoms with van der Waals surface area (Å²) in [6.07, 6.45) is 5.36. The van der Waals surface area contributed by atoms with E-state index in [9.17, 15) is 4.79 Å². The van der Waals surface area contributed by atoms with Gasteiger partial charge in [0.05, 0.1) is 18.4 Å². The molecule has 1 saturated heterocycles. The number of anilines is 1. The summed E-state index contributed by atoms with van der Waals surface area (Å²) in [5.74, 6) is 0.607. The van der Waals surface area contributed by atoms with Crippen LogP contribution in [0.1, 0.15) is 40.5 Å². The molecule has 1 fully saturated rings. The van der Waals surface area contributed by atoms with Crippen LogP contribution < -0.4 is 5.32 Å². The van der Waals surface area contributed by atoms with E-state index in [1.54, 1.807) is 12.4 Å². The molecule has 138 valence electrons. The number of aromatic nitrogens is 2. The molecule has 1 N–H and O–H groups in total. The largest absolute Gasteiger partial charge is 0.367 e. The second kappa shape index (κ2) is 8.27. The van der Waals surface area contributed by atoms with Crippen molar-refractivity contribution in [1.82, 2.24) is 19.8 Å². The molecular weight excluding hydrogens is 326 g/mol. The van der Waals surface area contributed by atoms with E-state index < -0.39 is 0 Å². The van der Waals surface area contributed by atoms with Gasteiger partial charge in [-0.3, -0.25) is 9.78 Å². The van der Waals surface area contributed by atoms with E-state index in [2.05, 4.69) is 65.5 Å². The van der Waals surface area contributed by atoms with E-state index in [1.165, 1.54) is 11.1 Å². The van der Waals surface area contributed by atoms with Gasteiger partial charge >= 0.3 is 0 Å². The minimum atomic E-state index is -0.0264. The van der Waals surface area contributed by atoms with Crippen molar-refractivity contribution in [3.8, 4) is 0 Å². The van der Waals surface area contributed by atoms with E-state index >= 15 is 0 Å². The Morgan fingerprint density at radius 2 is 2.04 bits per heavy atom. The Balaban J connectivity index is 1.69. The minimum Gasteiger partial charge on any atom is -0.367 e. The van der Waals surface area contributed by atoms with Crippen LogP contribution in [0.4, 0.5) is 5.82 Å². The van der Waals surface area contributed by atoms with Gasteiger partial charge in [0.25, 0.3) is 5.91 Å². The number of amides is 1. The third-order valence-electron chi connectivity index (χ3n) is 4.77. The van der Waals surface area contributed by atoms with Crippen molar-refractivity contribution in [2.75, 3.05) is 39.0 Å². The first kappa shape index (κ1) is 18.3. The fourth-order valence-electron chi connectivity index (χ4n) is 3.31. The first-order valence-electron chi connectivity index (χ1n) is 9.13. The number of likely N-dealkylation sites (tertiary alicyclic amines) is 1. The lowest BCUT2D eigenvalue weighted by atomic mass is 10.0. The van der Waals surface area contributed by atoms with Crippen LogP contribution in [0.2, 0.25) is 0 Å². The highest BCUT2D eigenvalue weighted by molar-refractivity contribution is 5.92. The van der Waals surface area contributed by atoms with Gasteiger partial charge in [-0.05, 0) is 39.4 Å². The van der Waals surface area contributed by atoms with Crippen LogP contribution in [0.25, 0.3) is 0 Å². The van der Waals surface area contributed by atoms with Crippen LogP contribution in [0, 0.1) is 6.92 Å². The van der Waals surface area contributed by atoms with E-state index in [-0.39, 0.29) is 11.9 Å². The quantitative estimate of drug-likeness (QED) is 0.865. The first-order valence-corrected chi connectivity index (χ1v) is 9.13. The molecule has 3 rings (SSSR count). The summed E-state index contributed by atoms with van der Waals surface area (Å²) >= 11 is 0. The average molecular weight is 353 g/mol. The lowest BCUT2D eigenvalue weighted by Gasteiger charge is -2.25. The number of carbonyl (C=O) groups is 1. The number of likely N-dealkylation sites (N-methyl/N-ethyl adjacent to an activating group) is 1. The maximum atomic E-state index is 12.5. The Hall–Kier alpha value is -2.47. The van der Waals surface area contributed by atoms with Gasteiger partial charge in [0.1, 0.15) is 11.5 Å². The zero-order valence-corrected chi connectivity index (χ0v) is 15.8. The fourth-order valence-corrected chi connectivity index (χ4v) is 3.31. The smallest absolute Gasteiger partial charge is 0.274 e. The van der Waals surface area contributed by atoms with Crippen molar-refractivity contribution in [2.45, 2.75) is 25.8 Å². The zero-order chi connectivity index (χ0) is 18.5. The number of nitrogens with zero attached hydrogens (tertiary/aromatic N) is 4. The molecule has 1 atom stereocenters. The monoisotopic (exact) mass is 353 g/mol. The predicted molar refractivity (Wildman–Crippen MR) is 103 cm³/mol. The van der Waals surface area contributed by atoms with E-state index in [0.717, 1.165) is 25.9 Å². The number of nitrogens with one attached hydrogen (secondary N) is 1. The molecule has 1 amide bonds. The summed E-state index contributed by atoms with van der Waals surface area (Å²) in [5.41, 5.74) is 2.90. The second-order valence-electron chi connectivity index (χ2n) is 7.06. The third-order valence-corrected chi connectivity index (χ3v) is 4.77. The van der Waals surface area contributed by atoms with E-state index in [1.807, 2.05) is 4.90 Å². The molecule has 1 aliphatic heterocycles. The first-order chi connectivity index (χ1) is 12.5. The van der Waals surface area contributed by atoms with Crippen molar-refractivity contribution in [3.05, 3.63) is 53.5 Å². The van der Waals surface area contributed by atoms with Crippen molar-refractivity contribution in [2.24, 2.45) is 0 Å². The second-order valence-corrected chi connectivity index (χ2v) is 7.06. The fraction of sp³-hybridized carbons (Fsp3) is 0.450. The lowest BCUT2D eigenvalue weighted by molar-refractivity contribution is 0.0786. The third kappa shape index (κ3) is 4.38. The highest BCUT2D eigenvalue weighted by atomic mass is 16.2. The molecule has 0 bridgehead atoms. The Morgan fingerprint density at radius 3 is 2.73 bits per heavy atom. The lowest BCUT2D eigenvalue weighted by Crippen LogP contribution is -2.29. The van der Waals surface area contributed by atoms with Crippen molar-refractivity contribution < 1.29 is 4.79 Å². The Bertz CT molecular complexity index is 755. The molecule has 26 heavy (non-hydrogen) atoms. The van der Waals surface area contributed by atoms with Gasteiger partial charge < -0.3 is 15.1 Å². The Labute approximate surface area is 155 Å².